The second-order valence-electron chi connectivity index (χ2n) is 6.96. The average molecular weight is 497 g/mol. The van der Waals surface area contributed by atoms with E-state index in [1.807, 2.05) is 49.4 Å². The monoisotopic (exact) mass is 496 g/mol. The molecule has 0 aliphatic heterocycles. The zero-order valence-electron chi connectivity index (χ0n) is 16.5. The van der Waals surface area contributed by atoms with Gasteiger partial charge in [-0.3, -0.25) is 0 Å². The molecule has 4 aromatic rings. The molecule has 0 atom stereocenters. The van der Waals surface area contributed by atoms with Crippen molar-refractivity contribution in [1.82, 2.24) is 4.57 Å². The number of halogens is 2. The minimum Gasteiger partial charge on any atom is -0.493 e. The highest BCUT2D eigenvalue weighted by molar-refractivity contribution is 9.10. The van der Waals surface area contributed by atoms with Crippen LogP contribution in [-0.2, 0) is 6.54 Å². The summed E-state index contributed by atoms with van der Waals surface area (Å²) in [6, 6.07) is 19.7. The van der Waals surface area contributed by atoms with Gasteiger partial charge in [-0.2, -0.15) is 0 Å². The normalized spacial score (nSPS) is 11.3. The summed E-state index contributed by atoms with van der Waals surface area (Å²) in [6.45, 7) is 2.11. The van der Waals surface area contributed by atoms with E-state index in [2.05, 4.69) is 31.5 Å². The van der Waals surface area contributed by atoms with Gasteiger partial charge in [0.15, 0.2) is 5.69 Å². The second kappa shape index (κ2) is 8.95. The van der Waals surface area contributed by atoms with Crippen molar-refractivity contribution in [3.8, 4) is 5.88 Å². The van der Waals surface area contributed by atoms with E-state index in [1.54, 1.807) is 22.8 Å². The Bertz CT molecular complexity index is 1320. The van der Waals surface area contributed by atoms with Crippen molar-refractivity contribution >= 4 is 55.5 Å². The van der Waals surface area contributed by atoms with Crippen LogP contribution in [0.15, 0.2) is 81.4 Å². The first-order chi connectivity index (χ1) is 14.9. The maximum absolute atomic E-state index is 14.2. The molecular weight excluding hydrogens is 479 g/mol. The Hall–Kier alpha value is -3.10. The minimum absolute atomic E-state index is 0.112. The molecule has 1 aromatic heterocycles. The van der Waals surface area contributed by atoms with E-state index in [-0.39, 0.29) is 29.0 Å². The number of nitrogens with one attached hydrogen (secondary N) is 1. The van der Waals surface area contributed by atoms with E-state index in [0.717, 1.165) is 15.7 Å². The molecule has 2 N–H and O–H groups in total. The van der Waals surface area contributed by atoms with Crippen LogP contribution in [0.2, 0.25) is 0 Å². The molecule has 31 heavy (non-hydrogen) atoms. The molecule has 0 unspecified atom stereocenters. The lowest BCUT2D eigenvalue weighted by molar-refractivity contribution is 0.428. The molecule has 1 heterocycles. The smallest absolute Gasteiger partial charge is 0.221 e. The topological polar surface area (TPSA) is 61.9 Å². The number of fused-ring (bicyclic) bond motifs is 1. The van der Waals surface area contributed by atoms with Crippen LogP contribution in [0.1, 0.15) is 11.1 Å². The molecule has 0 bridgehead atoms. The van der Waals surface area contributed by atoms with Crippen molar-refractivity contribution in [3.63, 3.8) is 0 Å². The van der Waals surface area contributed by atoms with Gasteiger partial charge >= 0.3 is 0 Å². The van der Waals surface area contributed by atoms with Crippen molar-refractivity contribution in [2.24, 2.45) is 10.2 Å². The standard InChI is InChI=1S/C23H18BrFN4OS/c1-14-6-2-5-9-19(14)26-23(31)28-27-21-17-12-16(24)10-11-20(17)29(22(21)30)13-15-7-3-4-8-18(15)25/h2-12,30H,13H2,1H3,(H,26,31). The zero-order chi connectivity index (χ0) is 22.0. The van der Waals surface area contributed by atoms with E-state index >= 15 is 0 Å². The number of para-hydroxylation sites is 1. The number of aromatic nitrogens is 1. The lowest BCUT2D eigenvalue weighted by Crippen LogP contribution is -2.06. The van der Waals surface area contributed by atoms with Crippen molar-refractivity contribution < 1.29 is 9.50 Å². The molecule has 8 heteroatoms. The van der Waals surface area contributed by atoms with Crippen LogP contribution in [-0.4, -0.2) is 14.8 Å². The Labute approximate surface area is 192 Å². The number of anilines is 1. The maximum atomic E-state index is 14.2. The predicted octanol–water partition coefficient (Wildman–Crippen LogP) is 7.09. The Kier molecular flexibility index (Phi) is 6.11. The van der Waals surface area contributed by atoms with Crippen molar-refractivity contribution in [1.29, 1.82) is 0 Å². The molecule has 0 aliphatic rings. The van der Waals surface area contributed by atoms with Gasteiger partial charge in [0.05, 0.1) is 12.1 Å². The van der Waals surface area contributed by atoms with Gasteiger partial charge in [0, 0.05) is 21.1 Å². The summed E-state index contributed by atoms with van der Waals surface area (Å²) in [6.07, 6.45) is 0. The van der Waals surface area contributed by atoms with Crippen LogP contribution in [0, 0.1) is 12.7 Å². The molecular formula is C23H18BrFN4OS. The van der Waals surface area contributed by atoms with E-state index in [4.69, 9.17) is 12.2 Å². The fourth-order valence-corrected chi connectivity index (χ4v) is 3.81. The van der Waals surface area contributed by atoms with Crippen LogP contribution >= 0.6 is 28.1 Å². The van der Waals surface area contributed by atoms with E-state index in [0.29, 0.717) is 16.5 Å². The zero-order valence-corrected chi connectivity index (χ0v) is 18.9. The van der Waals surface area contributed by atoms with Crippen molar-refractivity contribution in [2.45, 2.75) is 13.5 Å². The SMILES string of the molecule is Cc1ccccc1NC(=S)N=Nc1c(O)n(Cc2ccccc2F)c2ccc(Br)cc12. The number of hydrogen-bond donors (Lipinski definition) is 2. The quantitative estimate of drug-likeness (QED) is 0.234. The third kappa shape index (κ3) is 4.50. The second-order valence-corrected chi connectivity index (χ2v) is 8.26. The lowest BCUT2D eigenvalue weighted by atomic mass is 10.2. The minimum atomic E-state index is -0.340. The van der Waals surface area contributed by atoms with Gasteiger partial charge in [0.2, 0.25) is 11.0 Å². The molecule has 156 valence electrons. The molecule has 0 saturated heterocycles. The third-order valence-corrected chi connectivity index (χ3v) is 5.56. The summed E-state index contributed by atoms with van der Waals surface area (Å²) in [5, 5.41) is 23.1. The van der Waals surface area contributed by atoms with Crippen LogP contribution < -0.4 is 5.32 Å². The van der Waals surface area contributed by atoms with Gasteiger partial charge in [0.25, 0.3) is 0 Å². The molecule has 0 radical (unpaired) electrons. The number of aromatic hydroxyl groups is 1. The largest absolute Gasteiger partial charge is 0.493 e. The Balaban J connectivity index is 1.70. The summed E-state index contributed by atoms with van der Waals surface area (Å²) in [5.41, 5.74) is 3.28. The summed E-state index contributed by atoms with van der Waals surface area (Å²) < 4.78 is 16.6. The fourth-order valence-electron chi connectivity index (χ4n) is 3.30. The summed E-state index contributed by atoms with van der Waals surface area (Å²) in [7, 11) is 0. The van der Waals surface area contributed by atoms with Gasteiger partial charge < -0.3 is 15.0 Å². The molecule has 5 nitrogen and oxygen atoms in total. The highest BCUT2D eigenvalue weighted by Gasteiger charge is 2.18. The van der Waals surface area contributed by atoms with Crippen molar-refractivity contribution in [2.75, 3.05) is 5.32 Å². The molecule has 0 spiro atoms. The van der Waals surface area contributed by atoms with Gasteiger partial charge in [0.1, 0.15) is 5.82 Å². The van der Waals surface area contributed by atoms with Crippen LogP contribution in [0.4, 0.5) is 15.8 Å². The Morgan fingerprint density at radius 3 is 2.65 bits per heavy atom. The first kappa shape index (κ1) is 21.1. The number of nitrogens with zero attached hydrogens (tertiary/aromatic N) is 3. The van der Waals surface area contributed by atoms with Gasteiger partial charge in [-0.05, 0) is 55.0 Å². The summed E-state index contributed by atoms with van der Waals surface area (Å²) in [5.74, 6) is -0.452. The molecule has 0 aliphatic carbocycles. The maximum Gasteiger partial charge on any atom is 0.221 e. The highest BCUT2D eigenvalue weighted by Crippen LogP contribution is 2.40. The number of aryl methyl sites for hydroxylation is 1. The number of rotatable bonds is 4. The van der Waals surface area contributed by atoms with Crippen molar-refractivity contribution in [3.05, 3.63) is 88.1 Å². The number of benzene rings is 3. The summed E-state index contributed by atoms with van der Waals surface area (Å²) in [4.78, 5) is 0. The molecule has 0 fully saturated rings. The Morgan fingerprint density at radius 1 is 1.13 bits per heavy atom. The number of thiocarbonyl (C=S) groups is 1. The van der Waals surface area contributed by atoms with Gasteiger partial charge in [-0.1, -0.05) is 52.3 Å². The molecule has 0 saturated carbocycles. The molecule has 3 aromatic carbocycles. The van der Waals surface area contributed by atoms with E-state index < -0.39 is 0 Å². The molecule has 0 amide bonds. The van der Waals surface area contributed by atoms with E-state index in [1.165, 1.54) is 6.07 Å². The fraction of sp³-hybridized carbons (Fsp3) is 0.0870. The third-order valence-electron chi connectivity index (χ3n) is 4.89. The van der Waals surface area contributed by atoms with Gasteiger partial charge in [-0.15, -0.1) is 10.2 Å². The van der Waals surface area contributed by atoms with Crippen LogP contribution in [0.3, 0.4) is 0 Å². The highest BCUT2D eigenvalue weighted by atomic mass is 79.9. The molecule has 4 rings (SSSR count). The summed E-state index contributed by atoms with van der Waals surface area (Å²) >= 11 is 8.75. The van der Waals surface area contributed by atoms with E-state index in [9.17, 15) is 9.50 Å². The first-order valence-electron chi connectivity index (χ1n) is 9.46. The number of hydrogen-bond acceptors (Lipinski definition) is 3. The number of azo groups is 1. The predicted molar refractivity (Wildman–Crippen MR) is 129 cm³/mol. The lowest BCUT2D eigenvalue weighted by Gasteiger charge is -2.08. The van der Waals surface area contributed by atoms with Crippen LogP contribution in [0.5, 0.6) is 5.88 Å². The van der Waals surface area contributed by atoms with Gasteiger partial charge in [-0.25, -0.2) is 4.39 Å². The average Bonchev–Trinajstić information content (AvgIpc) is 3.00. The van der Waals surface area contributed by atoms with Crippen LogP contribution in [0.25, 0.3) is 10.9 Å². The Morgan fingerprint density at radius 2 is 1.87 bits per heavy atom. The first-order valence-corrected chi connectivity index (χ1v) is 10.7.